The first-order chi connectivity index (χ1) is 16.2. The first-order valence-electron chi connectivity index (χ1n) is 11.2. The number of rotatable bonds is 8. The molecule has 2 aromatic carbocycles. The molecule has 1 amide bonds. The fourth-order valence-corrected chi connectivity index (χ4v) is 5.13. The van der Waals surface area contributed by atoms with Crippen LogP contribution in [-0.2, 0) is 19.7 Å². The summed E-state index contributed by atoms with van der Waals surface area (Å²) >= 11 is 0. The van der Waals surface area contributed by atoms with Crippen LogP contribution in [-0.4, -0.2) is 82.2 Å². The number of methoxy groups -OCH3 is 1. The lowest BCUT2D eigenvalue weighted by molar-refractivity contribution is -0.0303. The average molecular weight is 490 g/mol. The smallest absolute Gasteiger partial charge is 0.301 e. The Kier molecular flexibility index (Phi) is 7.13. The molecular formula is C24H31N3O6S. The van der Waals surface area contributed by atoms with Crippen LogP contribution in [0.4, 0.5) is 5.69 Å². The van der Waals surface area contributed by atoms with Crippen molar-refractivity contribution in [2.75, 3.05) is 45.2 Å². The van der Waals surface area contributed by atoms with Crippen LogP contribution in [0.15, 0.2) is 42.5 Å². The Morgan fingerprint density at radius 2 is 1.85 bits per heavy atom. The van der Waals surface area contributed by atoms with Crippen molar-refractivity contribution in [1.82, 2.24) is 9.21 Å². The van der Waals surface area contributed by atoms with Crippen LogP contribution in [0.3, 0.4) is 0 Å². The second kappa shape index (κ2) is 9.91. The van der Waals surface area contributed by atoms with Crippen molar-refractivity contribution < 1.29 is 27.4 Å². The SMILES string of the molecule is CO[C@@H]1CN(C(=O)c2cc(C)ccc2C)C[C@H]1Oc1cccc(NS(=O)(=O)N(C)C2COC2)c1. The van der Waals surface area contributed by atoms with E-state index in [-0.39, 0.29) is 24.2 Å². The molecule has 0 spiro atoms. The molecule has 9 nitrogen and oxygen atoms in total. The summed E-state index contributed by atoms with van der Waals surface area (Å²) in [4.78, 5) is 14.9. The van der Waals surface area contributed by atoms with E-state index in [0.717, 1.165) is 11.1 Å². The molecule has 0 unspecified atom stereocenters. The van der Waals surface area contributed by atoms with Crippen LogP contribution in [0, 0.1) is 13.8 Å². The van der Waals surface area contributed by atoms with Gasteiger partial charge < -0.3 is 19.1 Å². The van der Waals surface area contributed by atoms with E-state index in [1.165, 1.54) is 11.4 Å². The van der Waals surface area contributed by atoms with Crippen molar-refractivity contribution in [2.45, 2.75) is 32.1 Å². The number of amides is 1. The lowest BCUT2D eigenvalue weighted by Gasteiger charge is -2.33. The summed E-state index contributed by atoms with van der Waals surface area (Å²) in [5.74, 6) is 0.432. The minimum absolute atomic E-state index is 0.0566. The Morgan fingerprint density at radius 3 is 2.53 bits per heavy atom. The van der Waals surface area contributed by atoms with Crippen molar-refractivity contribution in [1.29, 1.82) is 0 Å². The molecule has 0 aromatic heterocycles. The standard InChI is InChI=1S/C24H31N3O6S/c1-16-8-9-17(2)21(10-16)24(28)27-12-22(31-4)23(13-27)33-20-7-5-6-18(11-20)25-34(29,30)26(3)19-14-32-15-19/h5-11,19,22-23,25H,12-15H2,1-4H3/t22-,23-/m1/s1. The van der Waals surface area contributed by atoms with Crippen LogP contribution < -0.4 is 9.46 Å². The third-order valence-corrected chi connectivity index (χ3v) is 7.86. The quantitative estimate of drug-likeness (QED) is 0.611. The Labute approximate surface area is 200 Å². The average Bonchev–Trinajstić information content (AvgIpc) is 3.16. The van der Waals surface area contributed by atoms with Crippen molar-refractivity contribution in [2.24, 2.45) is 0 Å². The first-order valence-corrected chi connectivity index (χ1v) is 12.6. The van der Waals surface area contributed by atoms with Gasteiger partial charge in [0.25, 0.3) is 5.91 Å². The molecule has 2 aromatic rings. The van der Waals surface area contributed by atoms with E-state index in [1.807, 2.05) is 32.0 Å². The highest BCUT2D eigenvalue weighted by molar-refractivity contribution is 7.90. The number of hydrogen-bond donors (Lipinski definition) is 1. The number of carbonyl (C=O) groups is 1. The molecule has 4 rings (SSSR count). The lowest BCUT2D eigenvalue weighted by atomic mass is 10.0. The van der Waals surface area contributed by atoms with Gasteiger partial charge in [-0.1, -0.05) is 23.8 Å². The zero-order valence-corrected chi connectivity index (χ0v) is 20.7. The third kappa shape index (κ3) is 5.20. The summed E-state index contributed by atoms with van der Waals surface area (Å²) in [7, 11) is -0.599. The number of aryl methyl sites for hydroxylation is 2. The number of benzene rings is 2. The number of nitrogens with zero attached hydrogens (tertiary/aromatic N) is 2. The topological polar surface area (TPSA) is 97.4 Å². The van der Waals surface area contributed by atoms with Crippen molar-refractivity contribution in [3.63, 3.8) is 0 Å². The molecule has 2 fully saturated rings. The molecule has 0 aliphatic carbocycles. The van der Waals surface area contributed by atoms with Crippen LogP contribution in [0.5, 0.6) is 5.75 Å². The molecule has 2 aliphatic heterocycles. The highest BCUT2D eigenvalue weighted by Gasteiger charge is 2.38. The van der Waals surface area contributed by atoms with Gasteiger partial charge in [-0.2, -0.15) is 12.7 Å². The fourth-order valence-electron chi connectivity index (χ4n) is 4.04. The normalized spacial score (nSPS) is 20.9. The van der Waals surface area contributed by atoms with E-state index in [9.17, 15) is 13.2 Å². The Bertz CT molecular complexity index is 1150. The molecule has 2 saturated heterocycles. The van der Waals surface area contributed by atoms with Crippen molar-refractivity contribution in [3.8, 4) is 5.75 Å². The minimum Gasteiger partial charge on any atom is -0.486 e. The first kappa shape index (κ1) is 24.5. The number of anilines is 1. The van der Waals surface area contributed by atoms with Gasteiger partial charge in [-0.25, -0.2) is 0 Å². The monoisotopic (exact) mass is 489 g/mol. The lowest BCUT2D eigenvalue weighted by Crippen LogP contribution is -2.51. The largest absolute Gasteiger partial charge is 0.486 e. The summed E-state index contributed by atoms with van der Waals surface area (Å²) in [5, 5.41) is 0. The molecule has 2 aliphatic rings. The Hall–Kier alpha value is -2.66. The molecule has 2 atom stereocenters. The van der Waals surface area contributed by atoms with Crippen LogP contribution in [0.1, 0.15) is 21.5 Å². The van der Waals surface area contributed by atoms with Gasteiger partial charge in [0.15, 0.2) is 0 Å². The maximum absolute atomic E-state index is 13.2. The maximum Gasteiger partial charge on any atom is 0.301 e. The van der Waals surface area contributed by atoms with Crippen LogP contribution in [0.25, 0.3) is 0 Å². The number of carbonyl (C=O) groups excluding carboxylic acids is 1. The van der Waals surface area contributed by atoms with Gasteiger partial charge in [-0.15, -0.1) is 0 Å². The van der Waals surface area contributed by atoms with Crippen LogP contribution in [0.2, 0.25) is 0 Å². The molecule has 0 radical (unpaired) electrons. The number of nitrogens with one attached hydrogen (secondary N) is 1. The van der Waals surface area contributed by atoms with Crippen LogP contribution >= 0.6 is 0 Å². The molecular weight excluding hydrogens is 458 g/mol. The Balaban J connectivity index is 1.45. The van der Waals surface area contributed by atoms with Gasteiger partial charge in [-0.3, -0.25) is 9.52 Å². The van der Waals surface area contributed by atoms with Gasteiger partial charge >= 0.3 is 10.2 Å². The summed E-state index contributed by atoms with van der Waals surface area (Å²) in [6.07, 6.45) is -0.695. The molecule has 184 valence electrons. The van der Waals surface area contributed by atoms with Gasteiger partial charge in [0.05, 0.1) is 38.0 Å². The summed E-state index contributed by atoms with van der Waals surface area (Å²) < 4.78 is 46.0. The summed E-state index contributed by atoms with van der Waals surface area (Å²) in [6.45, 7) is 5.44. The highest BCUT2D eigenvalue weighted by atomic mass is 32.2. The highest BCUT2D eigenvalue weighted by Crippen LogP contribution is 2.26. The maximum atomic E-state index is 13.2. The molecule has 0 bridgehead atoms. The molecule has 10 heteroatoms. The third-order valence-electron chi connectivity index (χ3n) is 6.31. The van der Waals surface area contributed by atoms with E-state index in [4.69, 9.17) is 14.2 Å². The molecule has 0 saturated carbocycles. The number of ether oxygens (including phenoxy) is 3. The van der Waals surface area contributed by atoms with Gasteiger partial charge in [0.1, 0.15) is 18.0 Å². The van der Waals surface area contributed by atoms with E-state index in [2.05, 4.69) is 4.72 Å². The van der Waals surface area contributed by atoms with Gasteiger partial charge in [0.2, 0.25) is 0 Å². The second-order valence-corrected chi connectivity index (χ2v) is 10.5. The number of likely N-dealkylation sites (tertiary alicyclic amines) is 1. The second-order valence-electron chi connectivity index (χ2n) is 8.80. The van der Waals surface area contributed by atoms with Crippen molar-refractivity contribution >= 4 is 21.8 Å². The van der Waals surface area contributed by atoms with Gasteiger partial charge in [0, 0.05) is 25.8 Å². The number of hydrogen-bond acceptors (Lipinski definition) is 6. The zero-order valence-electron chi connectivity index (χ0n) is 19.9. The van der Waals surface area contributed by atoms with Gasteiger partial charge in [-0.05, 0) is 37.6 Å². The molecule has 2 heterocycles. The molecule has 34 heavy (non-hydrogen) atoms. The van der Waals surface area contributed by atoms with E-state index in [1.54, 1.807) is 36.3 Å². The predicted molar refractivity (Wildman–Crippen MR) is 128 cm³/mol. The fraction of sp³-hybridized carbons (Fsp3) is 0.458. The van der Waals surface area contributed by atoms with E-state index >= 15 is 0 Å². The summed E-state index contributed by atoms with van der Waals surface area (Å²) in [5.41, 5.74) is 3.01. The summed E-state index contributed by atoms with van der Waals surface area (Å²) in [6, 6.07) is 12.4. The predicted octanol–water partition coefficient (Wildman–Crippen LogP) is 2.21. The molecule has 1 N–H and O–H groups in total. The van der Waals surface area contributed by atoms with Crippen molar-refractivity contribution in [3.05, 3.63) is 59.2 Å². The van der Waals surface area contributed by atoms with E-state index in [0.29, 0.717) is 43.3 Å². The zero-order chi connectivity index (χ0) is 24.5. The minimum atomic E-state index is -3.72. The Morgan fingerprint density at radius 1 is 1.12 bits per heavy atom. The number of likely N-dealkylation sites (N-methyl/N-ethyl adjacent to an activating group) is 1. The van der Waals surface area contributed by atoms with E-state index < -0.39 is 10.2 Å².